The molecular formula is C29H50O. The lowest BCUT2D eigenvalue weighted by molar-refractivity contribution is -0.128. The molecule has 172 valence electrons. The first-order valence-electron chi connectivity index (χ1n) is 13.4. The topological polar surface area (TPSA) is 20.2 Å². The maximum absolute atomic E-state index is 10.3. The molecule has 0 bridgehead atoms. The fourth-order valence-electron chi connectivity index (χ4n) is 9.35. The van der Waals surface area contributed by atoms with Crippen LogP contribution in [0.25, 0.3) is 0 Å². The molecule has 30 heavy (non-hydrogen) atoms. The summed E-state index contributed by atoms with van der Waals surface area (Å²) in [4.78, 5) is 0. The summed E-state index contributed by atoms with van der Waals surface area (Å²) < 4.78 is 0. The number of hydrogen-bond donors (Lipinski definition) is 1. The molecule has 1 N–H and O–H groups in total. The van der Waals surface area contributed by atoms with E-state index in [1.807, 2.05) is 0 Å². The second-order valence-corrected chi connectivity index (χ2v) is 13.1. The quantitative estimate of drug-likeness (QED) is 0.464. The highest BCUT2D eigenvalue weighted by molar-refractivity contribution is 5.13. The monoisotopic (exact) mass is 414 g/mol. The van der Waals surface area contributed by atoms with Gasteiger partial charge in [-0.05, 0) is 123 Å². The van der Waals surface area contributed by atoms with Crippen molar-refractivity contribution in [2.24, 2.45) is 58.2 Å². The first-order chi connectivity index (χ1) is 14.1. The van der Waals surface area contributed by atoms with Crippen molar-refractivity contribution in [1.29, 1.82) is 0 Å². The maximum atomic E-state index is 10.3. The second-order valence-electron chi connectivity index (χ2n) is 13.1. The lowest BCUT2D eigenvalue weighted by atomic mass is 9.44. The Morgan fingerprint density at radius 3 is 2.23 bits per heavy atom. The summed E-state index contributed by atoms with van der Waals surface area (Å²) >= 11 is 0. The molecule has 4 rings (SSSR count). The van der Waals surface area contributed by atoms with E-state index < -0.39 is 0 Å². The predicted molar refractivity (Wildman–Crippen MR) is 128 cm³/mol. The number of aliphatic hydroxyl groups is 1. The van der Waals surface area contributed by atoms with Gasteiger partial charge in [0.25, 0.3) is 0 Å². The molecule has 10 atom stereocenters. The van der Waals surface area contributed by atoms with E-state index in [0.717, 1.165) is 54.3 Å². The predicted octanol–water partition coefficient (Wildman–Crippen LogP) is 7.88. The smallest absolute Gasteiger partial charge is 0.0543 e. The van der Waals surface area contributed by atoms with E-state index in [1.54, 1.807) is 5.57 Å². The molecule has 0 radical (unpaired) electrons. The molecule has 0 heterocycles. The van der Waals surface area contributed by atoms with Crippen LogP contribution >= 0.6 is 0 Å². The Morgan fingerprint density at radius 2 is 1.53 bits per heavy atom. The molecule has 0 saturated heterocycles. The van der Waals surface area contributed by atoms with Crippen LogP contribution in [-0.2, 0) is 0 Å². The first-order valence-corrected chi connectivity index (χ1v) is 13.4. The Hall–Kier alpha value is -0.300. The SMILES string of the molecule is CC(=C[C@@H](C)[C@H]1CC[C@H]2[C@@H]3CCC4CC(O)CC[C@]4(C)[C@H]3CC[C@]12C)[C@H](C)C(C)C. The van der Waals surface area contributed by atoms with Gasteiger partial charge in [-0.1, -0.05) is 53.2 Å². The van der Waals surface area contributed by atoms with Gasteiger partial charge in [0.2, 0.25) is 0 Å². The minimum atomic E-state index is -0.0200. The summed E-state index contributed by atoms with van der Waals surface area (Å²) in [5.74, 6) is 6.64. The van der Waals surface area contributed by atoms with Gasteiger partial charge in [0.15, 0.2) is 0 Å². The van der Waals surface area contributed by atoms with Crippen molar-refractivity contribution < 1.29 is 5.11 Å². The van der Waals surface area contributed by atoms with Gasteiger partial charge in [0, 0.05) is 0 Å². The van der Waals surface area contributed by atoms with Crippen LogP contribution in [0.3, 0.4) is 0 Å². The van der Waals surface area contributed by atoms with E-state index in [4.69, 9.17) is 0 Å². The third-order valence-electron chi connectivity index (χ3n) is 11.6. The number of hydrogen-bond acceptors (Lipinski definition) is 1. The minimum absolute atomic E-state index is 0.0200. The third-order valence-corrected chi connectivity index (χ3v) is 11.6. The van der Waals surface area contributed by atoms with E-state index >= 15 is 0 Å². The fraction of sp³-hybridized carbons (Fsp3) is 0.931. The Bertz CT molecular complexity index is 649. The molecule has 1 heteroatoms. The maximum Gasteiger partial charge on any atom is 0.0543 e. The summed E-state index contributed by atoms with van der Waals surface area (Å²) in [6, 6.07) is 0. The molecule has 0 amide bonds. The number of allylic oxidation sites excluding steroid dienone is 2. The lowest BCUT2D eigenvalue weighted by Gasteiger charge is -2.61. The zero-order valence-corrected chi connectivity index (χ0v) is 21.1. The van der Waals surface area contributed by atoms with E-state index in [-0.39, 0.29) is 6.10 Å². The van der Waals surface area contributed by atoms with Gasteiger partial charge in [-0.15, -0.1) is 0 Å². The van der Waals surface area contributed by atoms with Crippen LogP contribution in [0.2, 0.25) is 0 Å². The first kappa shape index (κ1) is 22.9. The van der Waals surface area contributed by atoms with Crippen molar-refractivity contribution in [2.45, 2.75) is 112 Å². The molecule has 2 unspecified atom stereocenters. The zero-order valence-electron chi connectivity index (χ0n) is 21.1. The molecule has 0 aromatic carbocycles. The number of rotatable bonds is 4. The standard InChI is InChI=1S/C29H50O/c1-18(2)21(5)19(3)16-20(4)25-10-11-26-24-9-8-22-17-23(30)12-14-28(22,6)27(24)13-15-29(25,26)7/h16,18,20-27,30H,8-15,17H2,1-7H3/t20-,21-,22?,23?,24+,25-,26+,27+,28+,29-/m1/s1. The summed E-state index contributed by atoms with van der Waals surface area (Å²) in [6.45, 7) is 17.4. The van der Waals surface area contributed by atoms with Crippen molar-refractivity contribution in [3.05, 3.63) is 11.6 Å². The molecule has 0 aromatic heterocycles. The fourth-order valence-corrected chi connectivity index (χ4v) is 9.35. The van der Waals surface area contributed by atoms with Crippen molar-refractivity contribution in [2.75, 3.05) is 0 Å². The Morgan fingerprint density at radius 1 is 0.867 bits per heavy atom. The summed E-state index contributed by atoms with van der Waals surface area (Å²) in [7, 11) is 0. The molecule has 4 aliphatic carbocycles. The van der Waals surface area contributed by atoms with Crippen molar-refractivity contribution >= 4 is 0 Å². The van der Waals surface area contributed by atoms with Gasteiger partial charge < -0.3 is 5.11 Å². The molecule has 4 aliphatic rings. The van der Waals surface area contributed by atoms with E-state index in [2.05, 4.69) is 54.5 Å². The van der Waals surface area contributed by atoms with Gasteiger partial charge in [-0.2, -0.15) is 0 Å². The summed E-state index contributed by atoms with van der Waals surface area (Å²) in [6.07, 6.45) is 14.7. The molecule has 4 saturated carbocycles. The van der Waals surface area contributed by atoms with Crippen LogP contribution in [0.4, 0.5) is 0 Å². The van der Waals surface area contributed by atoms with Crippen LogP contribution in [-0.4, -0.2) is 11.2 Å². The van der Waals surface area contributed by atoms with E-state index in [9.17, 15) is 5.11 Å². The van der Waals surface area contributed by atoms with Gasteiger partial charge in [-0.25, -0.2) is 0 Å². The molecule has 0 spiro atoms. The summed E-state index contributed by atoms with van der Waals surface area (Å²) in [5, 5.41) is 10.3. The average Bonchev–Trinajstić information content (AvgIpc) is 3.05. The van der Waals surface area contributed by atoms with Crippen molar-refractivity contribution in [3.63, 3.8) is 0 Å². The van der Waals surface area contributed by atoms with Gasteiger partial charge in [0.1, 0.15) is 0 Å². The molecule has 0 aliphatic heterocycles. The molecule has 1 nitrogen and oxygen atoms in total. The molecular weight excluding hydrogens is 364 g/mol. The minimum Gasteiger partial charge on any atom is -0.393 e. The largest absolute Gasteiger partial charge is 0.393 e. The van der Waals surface area contributed by atoms with E-state index in [0.29, 0.717) is 16.7 Å². The highest BCUT2D eigenvalue weighted by Crippen LogP contribution is 2.68. The third kappa shape index (κ3) is 3.64. The van der Waals surface area contributed by atoms with Crippen molar-refractivity contribution in [3.8, 4) is 0 Å². The van der Waals surface area contributed by atoms with Crippen molar-refractivity contribution in [1.82, 2.24) is 0 Å². The number of fused-ring (bicyclic) bond motifs is 5. The molecule has 0 aromatic rings. The Labute approximate surface area is 187 Å². The van der Waals surface area contributed by atoms with Gasteiger partial charge in [0.05, 0.1) is 6.10 Å². The lowest BCUT2D eigenvalue weighted by Crippen LogP contribution is -2.54. The highest BCUT2D eigenvalue weighted by atomic mass is 16.3. The Kier molecular flexibility index (Phi) is 6.28. The second kappa shape index (κ2) is 8.24. The highest BCUT2D eigenvalue weighted by Gasteiger charge is 2.60. The molecule has 4 fully saturated rings. The van der Waals surface area contributed by atoms with Gasteiger partial charge >= 0.3 is 0 Å². The Balaban J connectivity index is 1.52. The van der Waals surface area contributed by atoms with Crippen LogP contribution in [0.15, 0.2) is 11.6 Å². The van der Waals surface area contributed by atoms with Gasteiger partial charge in [-0.3, -0.25) is 0 Å². The van der Waals surface area contributed by atoms with Crippen LogP contribution in [0, 0.1) is 58.2 Å². The van der Waals surface area contributed by atoms with Crippen LogP contribution in [0.1, 0.15) is 106 Å². The average molecular weight is 415 g/mol. The summed E-state index contributed by atoms with van der Waals surface area (Å²) in [5.41, 5.74) is 2.68. The normalized spacial score (nSPS) is 48.6. The van der Waals surface area contributed by atoms with Crippen LogP contribution in [0.5, 0.6) is 0 Å². The van der Waals surface area contributed by atoms with E-state index in [1.165, 1.54) is 44.9 Å². The zero-order chi connectivity index (χ0) is 21.8. The van der Waals surface area contributed by atoms with Crippen LogP contribution < -0.4 is 0 Å². The number of aliphatic hydroxyl groups excluding tert-OH is 1.